The van der Waals surface area contributed by atoms with Crippen LogP contribution in [0.1, 0.15) is 6.92 Å². The fourth-order valence-electron chi connectivity index (χ4n) is 1.74. The van der Waals surface area contributed by atoms with Gasteiger partial charge in [0.2, 0.25) is 0 Å². The number of non-ortho nitro benzene ring substituents is 1. The Hall–Kier alpha value is -1.98. The summed E-state index contributed by atoms with van der Waals surface area (Å²) in [6.45, 7) is 0.401. The van der Waals surface area contributed by atoms with Crippen molar-refractivity contribution < 1.29 is 13.7 Å². The molecular weight excluding hydrogens is 230 g/mol. The molecule has 0 spiro atoms. The number of hydrogen-bond donors (Lipinski definition) is 0. The first-order valence-corrected chi connectivity index (χ1v) is 4.98. The van der Waals surface area contributed by atoms with E-state index in [1.807, 2.05) is 0 Å². The molecule has 1 heterocycles. The number of nitro groups is 1. The lowest BCUT2D eigenvalue weighted by Crippen LogP contribution is -2.18. The van der Waals surface area contributed by atoms with Crippen LogP contribution in [0.4, 0.5) is 14.5 Å². The maximum Gasteiger partial charge on any atom is 0.270 e. The second kappa shape index (κ2) is 3.80. The minimum absolute atomic E-state index is 0.0430. The number of fused-ring (bicyclic) bond motifs is 1. The van der Waals surface area contributed by atoms with Crippen LogP contribution in [-0.4, -0.2) is 15.4 Å². The molecule has 0 atom stereocenters. The highest BCUT2D eigenvalue weighted by Crippen LogP contribution is 2.24. The third-order valence-corrected chi connectivity index (χ3v) is 2.41. The first-order chi connectivity index (χ1) is 7.87. The average molecular weight is 240 g/mol. The summed E-state index contributed by atoms with van der Waals surface area (Å²) in [6.07, 6.45) is 1.51. The van der Waals surface area contributed by atoms with E-state index in [4.69, 9.17) is 0 Å². The van der Waals surface area contributed by atoms with Crippen LogP contribution in [0.3, 0.4) is 0 Å². The molecule has 0 unspecified atom stereocenters. The Morgan fingerprint density at radius 1 is 1.41 bits per heavy atom. The number of nitrogens with zero attached hydrogens (tertiary/aromatic N) is 2. The van der Waals surface area contributed by atoms with Crippen molar-refractivity contribution in [2.75, 3.05) is 0 Å². The highest BCUT2D eigenvalue weighted by atomic mass is 19.3. The van der Waals surface area contributed by atoms with Gasteiger partial charge in [0.1, 0.15) is 0 Å². The van der Waals surface area contributed by atoms with Crippen LogP contribution in [0.5, 0.6) is 0 Å². The van der Waals surface area contributed by atoms with E-state index in [1.165, 1.54) is 29.0 Å². The van der Waals surface area contributed by atoms with Gasteiger partial charge in [-0.3, -0.25) is 10.1 Å². The SMILES string of the molecule is CC(F)(F)Cn1ccc2cc([N+](=O)[O-])ccc21. The highest BCUT2D eigenvalue weighted by Gasteiger charge is 2.22. The zero-order valence-corrected chi connectivity index (χ0v) is 9.06. The van der Waals surface area contributed by atoms with Crippen molar-refractivity contribution in [3.05, 3.63) is 40.6 Å². The Labute approximate surface area is 95.6 Å². The van der Waals surface area contributed by atoms with Gasteiger partial charge < -0.3 is 4.57 Å². The largest absolute Gasteiger partial charge is 0.341 e. The molecule has 0 fully saturated rings. The molecule has 0 aliphatic carbocycles. The second-order valence-corrected chi connectivity index (χ2v) is 4.01. The van der Waals surface area contributed by atoms with Crippen molar-refractivity contribution in [3.63, 3.8) is 0 Å². The van der Waals surface area contributed by atoms with Gasteiger partial charge in [-0.05, 0) is 12.1 Å². The van der Waals surface area contributed by atoms with Crippen LogP contribution < -0.4 is 0 Å². The Kier molecular flexibility index (Phi) is 2.57. The smallest absolute Gasteiger partial charge is 0.270 e. The molecule has 0 aliphatic heterocycles. The molecule has 1 aromatic carbocycles. The predicted molar refractivity (Wildman–Crippen MR) is 59.2 cm³/mol. The van der Waals surface area contributed by atoms with Gasteiger partial charge in [-0.25, -0.2) is 8.78 Å². The molecule has 0 bridgehead atoms. The molecule has 90 valence electrons. The molecule has 0 amide bonds. The van der Waals surface area contributed by atoms with Gasteiger partial charge in [0.25, 0.3) is 11.6 Å². The first kappa shape index (κ1) is 11.5. The zero-order chi connectivity index (χ0) is 12.6. The van der Waals surface area contributed by atoms with Crippen molar-refractivity contribution >= 4 is 16.6 Å². The molecule has 2 rings (SSSR count). The van der Waals surface area contributed by atoms with Crippen LogP contribution >= 0.6 is 0 Å². The molecule has 4 nitrogen and oxygen atoms in total. The normalized spacial score (nSPS) is 11.9. The van der Waals surface area contributed by atoms with E-state index in [0.29, 0.717) is 10.9 Å². The average Bonchev–Trinajstić information content (AvgIpc) is 2.58. The molecule has 0 saturated heterocycles. The maximum atomic E-state index is 12.9. The molecule has 2 aromatic rings. The van der Waals surface area contributed by atoms with Crippen molar-refractivity contribution in [2.24, 2.45) is 0 Å². The first-order valence-electron chi connectivity index (χ1n) is 4.98. The van der Waals surface area contributed by atoms with Gasteiger partial charge in [-0.1, -0.05) is 0 Å². The van der Waals surface area contributed by atoms with Gasteiger partial charge in [-0.2, -0.15) is 0 Å². The summed E-state index contributed by atoms with van der Waals surface area (Å²) in [4.78, 5) is 10.1. The fourth-order valence-corrected chi connectivity index (χ4v) is 1.74. The van der Waals surface area contributed by atoms with Gasteiger partial charge >= 0.3 is 0 Å². The number of rotatable bonds is 3. The number of aromatic nitrogens is 1. The second-order valence-electron chi connectivity index (χ2n) is 4.01. The number of halogens is 2. The van der Waals surface area contributed by atoms with E-state index < -0.39 is 17.4 Å². The summed E-state index contributed by atoms with van der Waals surface area (Å²) in [5, 5.41) is 11.1. The highest BCUT2D eigenvalue weighted by molar-refractivity contribution is 5.82. The van der Waals surface area contributed by atoms with E-state index in [-0.39, 0.29) is 5.69 Å². The fraction of sp³-hybridized carbons (Fsp3) is 0.273. The molecule has 1 aromatic heterocycles. The van der Waals surface area contributed by atoms with Crippen LogP contribution in [0, 0.1) is 10.1 Å². The molecular formula is C11H10F2N2O2. The van der Waals surface area contributed by atoms with E-state index in [1.54, 1.807) is 6.07 Å². The number of benzene rings is 1. The molecule has 0 aliphatic rings. The van der Waals surface area contributed by atoms with Crippen molar-refractivity contribution in [2.45, 2.75) is 19.4 Å². The van der Waals surface area contributed by atoms with Crippen molar-refractivity contribution in [1.82, 2.24) is 4.57 Å². The van der Waals surface area contributed by atoms with Crippen LogP contribution in [-0.2, 0) is 6.54 Å². The summed E-state index contributed by atoms with van der Waals surface area (Å²) >= 11 is 0. The summed E-state index contributed by atoms with van der Waals surface area (Å²) in [7, 11) is 0. The third-order valence-electron chi connectivity index (χ3n) is 2.41. The van der Waals surface area contributed by atoms with E-state index in [9.17, 15) is 18.9 Å². The third kappa shape index (κ3) is 2.41. The number of alkyl halides is 2. The van der Waals surface area contributed by atoms with Gasteiger partial charge in [-0.15, -0.1) is 0 Å². The van der Waals surface area contributed by atoms with Crippen molar-refractivity contribution in [3.8, 4) is 0 Å². The lowest BCUT2D eigenvalue weighted by Gasteiger charge is -2.12. The summed E-state index contributed by atoms with van der Waals surface area (Å²) in [5.41, 5.74) is 0.524. The van der Waals surface area contributed by atoms with Crippen LogP contribution in [0.15, 0.2) is 30.5 Å². The molecule has 17 heavy (non-hydrogen) atoms. The topological polar surface area (TPSA) is 48.1 Å². The van der Waals surface area contributed by atoms with Gasteiger partial charge in [0, 0.05) is 36.2 Å². The molecule has 6 heteroatoms. The predicted octanol–water partition coefficient (Wildman–Crippen LogP) is 3.20. The van der Waals surface area contributed by atoms with Gasteiger partial charge in [0.05, 0.1) is 11.5 Å². The number of hydrogen-bond acceptors (Lipinski definition) is 2. The van der Waals surface area contributed by atoms with E-state index in [2.05, 4.69) is 0 Å². The number of nitro benzene ring substituents is 1. The standard InChI is InChI=1S/C11H10F2N2O2/c1-11(12,13)7-14-5-4-8-6-9(15(16)17)2-3-10(8)14/h2-6H,7H2,1H3. The molecule has 0 radical (unpaired) electrons. The lowest BCUT2D eigenvalue weighted by molar-refractivity contribution is -0.384. The quantitative estimate of drug-likeness (QED) is 0.611. The van der Waals surface area contributed by atoms with Gasteiger partial charge in [0.15, 0.2) is 0 Å². The molecule has 0 saturated carbocycles. The monoisotopic (exact) mass is 240 g/mol. The lowest BCUT2D eigenvalue weighted by atomic mass is 10.2. The Balaban J connectivity index is 2.45. The van der Waals surface area contributed by atoms with E-state index in [0.717, 1.165) is 6.92 Å². The molecule has 0 N–H and O–H groups in total. The Morgan fingerprint density at radius 2 is 2.12 bits per heavy atom. The summed E-state index contributed by atoms with van der Waals surface area (Å²) in [5.74, 6) is -2.81. The minimum Gasteiger partial charge on any atom is -0.341 e. The van der Waals surface area contributed by atoms with Crippen LogP contribution in [0.2, 0.25) is 0 Å². The Morgan fingerprint density at radius 3 is 2.71 bits per heavy atom. The zero-order valence-electron chi connectivity index (χ0n) is 9.06. The van der Waals surface area contributed by atoms with Crippen molar-refractivity contribution in [1.29, 1.82) is 0 Å². The Bertz CT molecular complexity index is 572. The van der Waals surface area contributed by atoms with E-state index >= 15 is 0 Å². The van der Waals surface area contributed by atoms with Crippen LogP contribution in [0.25, 0.3) is 10.9 Å². The summed E-state index contributed by atoms with van der Waals surface area (Å²) < 4.78 is 27.2. The maximum absolute atomic E-state index is 12.9. The summed E-state index contributed by atoms with van der Waals surface area (Å²) in [6, 6.07) is 5.76. The minimum atomic E-state index is -2.81.